The predicted molar refractivity (Wildman–Crippen MR) is 77.1 cm³/mol. The van der Waals surface area contributed by atoms with Gasteiger partial charge in [0, 0.05) is 23.7 Å². The maximum atomic E-state index is 11.9. The number of ether oxygens (including phenoxy) is 1. The highest BCUT2D eigenvalue weighted by molar-refractivity contribution is 6.30. The minimum Gasteiger partial charge on any atom is -0.376 e. The molecule has 1 unspecified atom stereocenters. The zero-order valence-corrected chi connectivity index (χ0v) is 11.7. The Labute approximate surface area is 118 Å². The van der Waals surface area contributed by atoms with E-state index in [4.69, 9.17) is 16.3 Å². The van der Waals surface area contributed by atoms with E-state index in [1.807, 2.05) is 30.3 Å². The maximum Gasteiger partial charge on any atom is 0.247 e. The highest BCUT2D eigenvalue weighted by atomic mass is 35.5. The Hall–Kier alpha value is -1.32. The van der Waals surface area contributed by atoms with Crippen LogP contribution in [0.4, 0.5) is 0 Å². The van der Waals surface area contributed by atoms with Crippen molar-refractivity contribution < 1.29 is 9.53 Å². The molecule has 1 amide bonds. The van der Waals surface area contributed by atoms with Crippen molar-refractivity contribution in [1.82, 2.24) is 5.32 Å². The van der Waals surface area contributed by atoms with Crippen molar-refractivity contribution in [2.24, 2.45) is 0 Å². The molecule has 19 heavy (non-hydrogen) atoms. The monoisotopic (exact) mass is 279 g/mol. The number of halogens is 1. The molecule has 1 saturated heterocycles. The van der Waals surface area contributed by atoms with E-state index < -0.39 is 0 Å². The van der Waals surface area contributed by atoms with Gasteiger partial charge < -0.3 is 10.1 Å². The van der Waals surface area contributed by atoms with Crippen LogP contribution in [0.3, 0.4) is 0 Å². The molecule has 1 aliphatic rings. The van der Waals surface area contributed by atoms with E-state index >= 15 is 0 Å². The summed E-state index contributed by atoms with van der Waals surface area (Å²) in [6.45, 7) is 3.20. The van der Waals surface area contributed by atoms with Crippen LogP contribution in [-0.2, 0) is 9.53 Å². The second kappa shape index (κ2) is 6.73. The number of hydrogen-bond acceptors (Lipinski definition) is 2. The second-order valence-corrected chi connectivity index (χ2v) is 5.16. The average Bonchev–Trinajstić information content (AvgIpc) is 2.91. The molecule has 1 aromatic rings. The largest absolute Gasteiger partial charge is 0.376 e. The molecule has 1 N–H and O–H groups in total. The van der Waals surface area contributed by atoms with Gasteiger partial charge >= 0.3 is 0 Å². The first-order valence-electron chi connectivity index (χ1n) is 6.49. The quantitative estimate of drug-likeness (QED) is 0.861. The van der Waals surface area contributed by atoms with Crippen molar-refractivity contribution in [2.45, 2.75) is 25.9 Å². The van der Waals surface area contributed by atoms with Gasteiger partial charge in [-0.1, -0.05) is 23.7 Å². The van der Waals surface area contributed by atoms with Crippen LogP contribution in [0.25, 0.3) is 6.08 Å². The van der Waals surface area contributed by atoms with Crippen LogP contribution in [0.15, 0.2) is 29.8 Å². The Morgan fingerprint density at radius 1 is 1.47 bits per heavy atom. The van der Waals surface area contributed by atoms with E-state index in [2.05, 4.69) is 5.32 Å². The van der Waals surface area contributed by atoms with Gasteiger partial charge in [0.25, 0.3) is 0 Å². The number of nitrogens with one attached hydrogen (secondary N) is 1. The first kappa shape index (κ1) is 14.1. The zero-order valence-electron chi connectivity index (χ0n) is 11.0. The fraction of sp³-hybridized carbons (Fsp3) is 0.400. The van der Waals surface area contributed by atoms with Crippen LogP contribution in [-0.4, -0.2) is 25.2 Å². The molecule has 1 aliphatic heterocycles. The number of carbonyl (C=O) groups excluding carboxylic acids is 1. The lowest BCUT2D eigenvalue weighted by Crippen LogP contribution is -2.32. The molecule has 1 atom stereocenters. The lowest BCUT2D eigenvalue weighted by Gasteiger charge is -2.10. The highest BCUT2D eigenvalue weighted by Gasteiger charge is 2.16. The van der Waals surface area contributed by atoms with E-state index in [1.54, 1.807) is 6.92 Å². The first-order chi connectivity index (χ1) is 9.15. The molecule has 1 heterocycles. The van der Waals surface area contributed by atoms with E-state index in [0.29, 0.717) is 17.1 Å². The van der Waals surface area contributed by atoms with Gasteiger partial charge in [0.1, 0.15) is 0 Å². The van der Waals surface area contributed by atoms with Crippen molar-refractivity contribution in [2.75, 3.05) is 13.2 Å². The zero-order chi connectivity index (χ0) is 13.7. The standard InChI is InChI=1S/C15H18ClNO2/c1-11(9-12-4-6-13(16)7-5-12)15(18)17-10-14-3-2-8-19-14/h4-7,9,14H,2-3,8,10H2,1H3,(H,17,18)/b11-9+. The van der Waals surface area contributed by atoms with Gasteiger partial charge in [-0.3, -0.25) is 4.79 Å². The van der Waals surface area contributed by atoms with Gasteiger partial charge in [0.15, 0.2) is 0 Å². The molecular formula is C15H18ClNO2. The van der Waals surface area contributed by atoms with E-state index in [-0.39, 0.29) is 12.0 Å². The summed E-state index contributed by atoms with van der Waals surface area (Å²) in [7, 11) is 0. The van der Waals surface area contributed by atoms with Gasteiger partial charge in [-0.15, -0.1) is 0 Å². The summed E-state index contributed by atoms with van der Waals surface area (Å²) in [6, 6.07) is 7.40. The lowest BCUT2D eigenvalue weighted by molar-refractivity contribution is -0.117. The van der Waals surface area contributed by atoms with Gasteiger partial charge in [0.05, 0.1) is 6.10 Å². The van der Waals surface area contributed by atoms with Crippen LogP contribution in [0.1, 0.15) is 25.3 Å². The van der Waals surface area contributed by atoms with Crippen LogP contribution in [0.2, 0.25) is 5.02 Å². The molecule has 1 aromatic carbocycles. The van der Waals surface area contributed by atoms with Gasteiger partial charge in [-0.05, 0) is 43.5 Å². The third-order valence-electron chi connectivity index (χ3n) is 3.13. The molecule has 0 bridgehead atoms. The number of carbonyl (C=O) groups is 1. The van der Waals surface area contributed by atoms with E-state index in [0.717, 1.165) is 25.0 Å². The number of hydrogen-bond donors (Lipinski definition) is 1. The molecule has 0 aromatic heterocycles. The van der Waals surface area contributed by atoms with E-state index in [9.17, 15) is 4.79 Å². The minimum atomic E-state index is -0.0505. The minimum absolute atomic E-state index is 0.0505. The Balaban J connectivity index is 1.88. The summed E-state index contributed by atoms with van der Waals surface area (Å²) < 4.78 is 5.47. The molecule has 0 radical (unpaired) electrons. The summed E-state index contributed by atoms with van der Waals surface area (Å²) in [5.74, 6) is -0.0505. The highest BCUT2D eigenvalue weighted by Crippen LogP contribution is 2.13. The predicted octanol–water partition coefficient (Wildman–Crippen LogP) is 3.04. The van der Waals surface area contributed by atoms with Gasteiger partial charge in [0.2, 0.25) is 5.91 Å². The summed E-state index contributed by atoms with van der Waals surface area (Å²) in [5.41, 5.74) is 1.65. The third-order valence-corrected chi connectivity index (χ3v) is 3.38. The molecule has 0 saturated carbocycles. The topological polar surface area (TPSA) is 38.3 Å². The summed E-state index contributed by atoms with van der Waals surface area (Å²) in [5, 5.41) is 3.59. The lowest BCUT2D eigenvalue weighted by atomic mass is 10.1. The van der Waals surface area contributed by atoms with Crippen molar-refractivity contribution in [3.8, 4) is 0 Å². The fourth-order valence-corrected chi connectivity index (χ4v) is 2.15. The van der Waals surface area contributed by atoms with Gasteiger partial charge in [-0.25, -0.2) is 0 Å². The van der Waals surface area contributed by atoms with Crippen LogP contribution >= 0.6 is 11.6 Å². The number of amides is 1. The fourth-order valence-electron chi connectivity index (χ4n) is 2.03. The SMILES string of the molecule is C/C(=C\c1ccc(Cl)cc1)C(=O)NCC1CCCO1. The molecule has 1 fully saturated rings. The van der Waals surface area contributed by atoms with Crippen LogP contribution in [0.5, 0.6) is 0 Å². The number of benzene rings is 1. The summed E-state index contributed by atoms with van der Waals surface area (Å²) in [6.07, 6.45) is 4.13. The molecule has 2 rings (SSSR count). The average molecular weight is 280 g/mol. The maximum absolute atomic E-state index is 11.9. The smallest absolute Gasteiger partial charge is 0.247 e. The van der Waals surface area contributed by atoms with Gasteiger partial charge in [-0.2, -0.15) is 0 Å². The third kappa shape index (κ3) is 4.37. The first-order valence-corrected chi connectivity index (χ1v) is 6.86. The van der Waals surface area contributed by atoms with Crippen LogP contribution < -0.4 is 5.32 Å². The molecular weight excluding hydrogens is 262 g/mol. The summed E-state index contributed by atoms with van der Waals surface area (Å²) >= 11 is 5.82. The Kier molecular flexibility index (Phi) is 5.00. The van der Waals surface area contributed by atoms with Crippen molar-refractivity contribution >= 4 is 23.6 Å². The Morgan fingerprint density at radius 3 is 2.84 bits per heavy atom. The van der Waals surface area contributed by atoms with Crippen molar-refractivity contribution in [3.63, 3.8) is 0 Å². The van der Waals surface area contributed by atoms with Crippen molar-refractivity contribution in [1.29, 1.82) is 0 Å². The Bertz CT molecular complexity index is 462. The normalized spacial score (nSPS) is 19.5. The summed E-state index contributed by atoms with van der Waals surface area (Å²) in [4.78, 5) is 11.9. The molecule has 102 valence electrons. The molecule has 0 aliphatic carbocycles. The second-order valence-electron chi connectivity index (χ2n) is 4.72. The van der Waals surface area contributed by atoms with E-state index in [1.165, 1.54) is 0 Å². The molecule has 0 spiro atoms. The Morgan fingerprint density at radius 2 is 2.21 bits per heavy atom. The van der Waals surface area contributed by atoms with Crippen LogP contribution in [0, 0.1) is 0 Å². The molecule has 4 heteroatoms. The molecule has 3 nitrogen and oxygen atoms in total. The number of rotatable bonds is 4. The van der Waals surface area contributed by atoms with Crippen molar-refractivity contribution in [3.05, 3.63) is 40.4 Å².